The lowest BCUT2D eigenvalue weighted by Gasteiger charge is -2.10. The smallest absolute Gasteiger partial charge is 0.326 e. The number of hydrogen-bond acceptors (Lipinski definition) is 3. The molecule has 6 nitrogen and oxygen atoms in total. The van der Waals surface area contributed by atoms with E-state index in [9.17, 15) is 14.0 Å². The second-order valence-electron chi connectivity index (χ2n) is 4.85. The van der Waals surface area contributed by atoms with E-state index in [2.05, 4.69) is 10.4 Å². The fraction of sp³-hybridized carbons (Fsp3) is 0.267. The summed E-state index contributed by atoms with van der Waals surface area (Å²) in [6.45, 7) is 3.40. The first-order valence-corrected chi connectivity index (χ1v) is 6.78. The summed E-state index contributed by atoms with van der Waals surface area (Å²) in [6.07, 6.45) is 1.84. The molecule has 2 rings (SSSR count). The number of aromatic nitrogens is 2. The SMILES string of the molecule is CC[C@@H](NC(=O)c1ccn(-c2ccc(F)cc2C)n1)C(=O)O. The molecule has 0 aliphatic carbocycles. The molecule has 1 heterocycles. The minimum Gasteiger partial charge on any atom is -0.480 e. The summed E-state index contributed by atoms with van der Waals surface area (Å²) < 4.78 is 14.6. The van der Waals surface area contributed by atoms with Gasteiger partial charge in [0.25, 0.3) is 5.91 Å². The van der Waals surface area contributed by atoms with Gasteiger partial charge in [-0.3, -0.25) is 4.79 Å². The Morgan fingerprint density at radius 2 is 2.14 bits per heavy atom. The van der Waals surface area contributed by atoms with Crippen molar-refractivity contribution >= 4 is 11.9 Å². The molecule has 0 bridgehead atoms. The maximum Gasteiger partial charge on any atom is 0.326 e. The Hall–Kier alpha value is -2.70. The molecule has 1 aromatic heterocycles. The molecule has 0 saturated heterocycles. The Kier molecular flexibility index (Phi) is 4.55. The zero-order valence-corrected chi connectivity index (χ0v) is 12.2. The summed E-state index contributed by atoms with van der Waals surface area (Å²) in [5.41, 5.74) is 1.42. The molecule has 1 aromatic carbocycles. The molecule has 0 spiro atoms. The maximum absolute atomic E-state index is 13.1. The van der Waals surface area contributed by atoms with Crippen molar-refractivity contribution in [3.05, 3.63) is 47.5 Å². The number of carboxylic acids is 1. The predicted octanol–water partition coefficient (Wildman–Crippen LogP) is 1.91. The van der Waals surface area contributed by atoms with Gasteiger partial charge in [-0.2, -0.15) is 5.10 Å². The number of nitrogens with zero attached hydrogens (tertiary/aromatic N) is 2. The third-order valence-electron chi connectivity index (χ3n) is 3.24. The molecule has 2 aromatic rings. The second-order valence-corrected chi connectivity index (χ2v) is 4.85. The molecule has 22 heavy (non-hydrogen) atoms. The number of hydrogen-bond donors (Lipinski definition) is 2. The Morgan fingerprint density at radius 1 is 1.41 bits per heavy atom. The fourth-order valence-electron chi connectivity index (χ4n) is 2.03. The van der Waals surface area contributed by atoms with Crippen LogP contribution < -0.4 is 5.32 Å². The highest BCUT2D eigenvalue weighted by Crippen LogP contribution is 2.15. The van der Waals surface area contributed by atoms with Crippen LogP contribution in [0.2, 0.25) is 0 Å². The number of carboxylic acid groups (broad SMARTS) is 1. The van der Waals surface area contributed by atoms with Crippen molar-refractivity contribution in [3.8, 4) is 5.69 Å². The van der Waals surface area contributed by atoms with Crippen molar-refractivity contribution in [3.63, 3.8) is 0 Å². The van der Waals surface area contributed by atoms with Crippen LogP contribution in [0, 0.1) is 12.7 Å². The van der Waals surface area contributed by atoms with Gasteiger partial charge in [0.05, 0.1) is 5.69 Å². The molecule has 0 aliphatic heterocycles. The number of rotatable bonds is 5. The minimum absolute atomic E-state index is 0.100. The standard InChI is InChI=1S/C15H16FN3O3/c1-3-11(15(21)22)17-14(20)12-6-7-19(18-12)13-5-4-10(16)8-9(13)2/h4-8,11H,3H2,1-2H3,(H,17,20)(H,21,22)/t11-/m1/s1. The van der Waals surface area contributed by atoms with E-state index in [0.29, 0.717) is 11.3 Å². The van der Waals surface area contributed by atoms with E-state index in [1.807, 2.05) is 0 Å². The molecule has 116 valence electrons. The number of nitrogens with one attached hydrogen (secondary N) is 1. The first kappa shape index (κ1) is 15.7. The van der Waals surface area contributed by atoms with Crippen molar-refractivity contribution in [2.75, 3.05) is 0 Å². The van der Waals surface area contributed by atoms with Gasteiger partial charge in [0, 0.05) is 6.20 Å². The summed E-state index contributed by atoms with van der Waals surface area (Å²) in [7, 11) is 0. The highest BCUT2D eigenvalue weighted by molar-refractivity contribution is 5.94. The lowest BCUT2D eigenvalue weighted by molar-refractivity contribution is -0.139. The van der Waals surface area contributed by atoms with E-state index < -0.39 is 17.9 Å². The predicted molar refractivity (Wildman–Crippen MR) is 77.4 cm³/mol. The zero-order chi connectivity index (χ0) is 16.3. The topological polar surface area (TPSA) is 84.2 Å². The van der Waals surface area contributed by atoms with Gasteiger partial charge in [-0.25, -0.2) is 13.9 Å². The minimum atomic E-state index is -1.09. The van der Waals surface area contributed by atoms with E-state index in [4.69, 9.17) is 5.11 Å². The van der Waals surface area contributed by atoms with Crippen molar-refractivity contribution in [1.29, 1.82) is 0 Å². The van der Waals surface area contributed by atoms with Gasteiger partial charge >= 0.3 is 5.97 Å². The third kappa shape index (κ3) is 3.30. The van der Waals surface area contributed by atoms with Crippen molar-refractivity contribution in [2.24, 2.45) is 0 Å². The third-order valence-corrected chi connectivity index (χ3v) is 3.24. The van der Waals surface area contributed by atoms with Gasteiger partial charge in [0.2, 0.25) is 0 Å². The molecule has 2 N–H and O–H groups in total. The number of aryl methyl sites for hydroxylation is 1. The molecule has 1 atom stereocenters. The summed E-state index contributed by atoms with van der Waals surface area (Å²) in [5, 5.41) is 15.4. The molecular formula is C15H16FN3O3. The van der Waals surface area contributed by atoms with E-state index in [1.54, 1.807) is 26.1 Å². The summed E-state index contributed by atoms with van der Waals surface area (Å²) in [4.78, 5) is 22.9. The van der Waals surface area contributed by atoms with Crippen LogP contribution in [0.1, 0.15) is 29.4 Å². The summed E-state index contributed by atoms with van der Waals surface area (Å²) >= 11 is 0. The fourth-order valence-corrected chi connectivity index (χ4v) is 2.03. The van der Waals surface area contributed by atoms with Gasteiger partial charge < -0.3 is 10.4 Å². The monoisotopic (exact) mass is 305 g/mol. The number of amides is 1. The van der Waals surface area contributed by atoms with Crippen LogP contribution in [0.5, 0.6) is 0 Å². The van der Waals surface area contributed by atoms with Crippen LogP contribution in [0.4, 0.5) is 4.39 Å². The first-order chi connectivity index (χ1) is 10.4. The number of carbonyl (C=O) groups excluding carboxylic acids is 1. The van der Waals surface area contributed by atoms with Crippen molar-refractivity contribution < 1.29 is 19.1 Å². The molecular weight excluding hydrogens is 289 g/mol. The van der Waals surface area contributed by atoms with Gasteiger partial charge in [-0.15, -0.1) is 0 Å². The second kappa shape index (κ2) is 6.38. The number of aliphatic carboxylic acids is 1. The lowest BCUT2D eigenvalue weighted by Crippen LogP contribution is -2.40. The normalized spacial score (nSPS) is 12.0. The summed E-state index contributed by atoms with van der Waals surface area (Å²) in [5.74, 6) is -2.00. The van der Waals surface area contributed by atoms with Crippen LogP contribution >= 0.6 is 0 Å². The quantitative estimate of drug-likeness (QED) is 0.884. The van der Waals surface area contributed by atoms with E-state index in [1.165, 1.54) is 22.9 Å². The molecule has 0 radical (unpaired) electrons. The van der Waals surface area contributed by atoms with Crippen LogP contribution in [-0.4, -0.2) is 32.8 Å². The Labute approximate surface area is 126 Å². The Morgan fingerprint density at radius 3 is 2.73 bits per heavy atom. The van der Waals surface area contributed by atoms with Gasteiger partial charge in [-0.1, -0.05) is 6.92 Å². The molecule has 0 fully saturated rings. The highest BCUT2D eigenvalue weighted by Gasteiger charge is 2.20. The zero-order valence-electron chi connectivity index (χ0n) is 12.2. The summed E-state index contributed by atoms with van der Waals surface area (Å²) in [6, 6.07) is 4.76. The molecule has 0 saturated carbocycles. The number of halogens is 1. The van der Waals surface area contributed by atoms with Gasteiger partial charge in [0.1, 0.15) is 11.9 Å². The van der Waals surface area contributed by atoms with E-state index in [-0.39, 0.29) is 17.9 Å². The largest absolute Gasteiger partial charge is 0.480 e. The van der Waals surface area contributed by atoms with Crippen LogP contribution in [0.3, 0.4) is 0 Å². The number of benzene rings is 1. The van der Waals surface area contributed by atoms with Gasteiger partial charge in [-0.05, 0) is 43.2 Å². The highest BCUT2D eigenvalue weighted by atomic mass is 19.1. The average molecular weight is 305 g/mol. The molecule has 1 amide bonds. The Bertz CT molecular complexity index is 712. The molecule has 0 aliphatic rings. The number of carbonyl (C=O) groups is 2. The van der Waals surface area contributed by atoms with E-state index >= 15 is 0 Å². The van der Waals surface area contributed by atoms with E-state index in [0.717, 1.165) is 0 Å². The molecule has 7 heteroatoms. The van der Waals surface area contributed by atoms with Crippen LogP contribution in [-0.2, 0) is 4.79 Å². The molecule has 0 unspecified atom stereocenters. The van der Waals surface area contributed by atoms with Crippen molar-refractivity contribution in [2.45, 2.75) is 26.3 Å². The van der Waals surface area contributed by atoms with Gasteiger partial charge in [0.15, 0.2) is 5.69 Å². The lowest BCUT2D eigenvalue weighted by atomic mass is 10.2. The van der Waals surface area contributed by atoms with Crippen molar-refractivity contribution in [1.82, 2.24) is 15.1 Å². The average Bonchev–Trinajstić information content (AvgIpc) is 2.93. The first-order valence-electron chi connectivity index (χ1n) is 6.78. The maximum atomic E-state index is 13.1. The Balaban J connectivity index is 2.20. The van der Waals surface area contributed by atoms with Crippen LogP contribution in [0.15, 0.2) is 30.5 Å². The van der Waals surface area contributed by atoms with Crippen LogP contribution in [0.25, 0.3) is 5.69 Å².